The standard InChI is InChI=1S/C18H29NO3SSi/c1-12(22-24(6,7)18(2,3)4)15-16(20)19-17(15)23-14-10-8-13(21-5)9-11-14/h8-12,15,17H,1-7H3,(H,19,20). The molecule has 3 unspecified atom stereocenters. The number of thioether (sulfide) groups is 1. The van der Waals surface area contributed by atoms with E-state index in [4.69, 9.17) is 9.16 Å². The summed E-state index contributed by atoms with van der Waals surface area (Å²) < 4.78 is 11.6. The number of benzene rings is 1. The number of nitrogens with one attached hydrogen (secondary N) is 1. The van der Waals surface area contributed by atoms with Crippen molar-refractivity contribution in [3.8, 4) is 5.75 Å². The van der Waals surface area contributed by atoms with Gasteiger partial charge in [-0.1, -0.05) is 20.8 Å². The van der Waals surface area contributed by atoms with E-state index in [1.165, 1.54) is 0 Å². The Labute approximate surface area is 150 Å². The number of carbonyl (C=O) groups is 1. The van der Waals surface area contributed by atoms with Gasteiger partial charge in [-0.25, -0.2) is 0 Å². The highest BCUT2D eigenvalue weighted by atomic mass is 32.2. The molecule has 1 fully saturated rings. The van der Waals surface area contributed by atoms with Gasteiger partial charge in [0.05, 0.1) is 24.5 Å². The Hall–Kier alpha value is -0.983. The summed E-state index contributed by atoms with van der Waals surface area (Å²) in [4.78, 5) is 13.2. The Balaban J connectivity index is 2.02. The van der Waals surface area contributed by atoms with Crippen LogP contribution in [0.25, 0.3) is 0 Å². The minimum atomic E-state index is -1.88. The van der Waals surface area contributed by atoms with Gasteiger partial charge in [0.1, 0.15) is 5.75 Å². The number of rotatable bonds is 6. The quantitative estimate of drug-likeness (QED) is 0.602. The molecular weight excluding hydrogens is 338 g/mol. The molecule has 0 aromatic heterocycles. The lowest BCUT2D eigenvalue weighted by Gasteiger charge is -2.45. The number of methoxy groups -OCH3 is 1. The lowest BCUT2D eigenvalue weighted by Crippen LogP contribution is -2.62. The van der Waals surface area contributed by atoms with Crippen LogP contribution in [-0.2, 0) is 9.22 Å². The second-order valence-corrected chi connectivity index (χ2v) is 13.8. The maximum atomic E-state index is 12.1. The average molecular weight is 368 g/mol. The van der Waals surface area contributed by atoms with Crippen LogP contribution in [0, 0.1) is 5.92 Å². The van der Waals surface area contributed by atoms with Crippen molar-refractivity contribution in [2.45, 2.75) is 62.2 Å². The van der Waals surface area contributed by atoms with Crippen molar-refractivity contribution in [2.75, 3.05) is 7.11 Å². The Morgan fingerprint density at radius 2 is 1.79 bits per heavy atom. The lowest BCUT2D eigenvalue weighted by molar-refractivity contribution is -0.136. The highest BCUT2D eigenvalue weighted by Gasteiger charge is 2.47. The Bertz CT molecular complexity index is 583. The van der Waals surface area contributed by atoms with Crippen LogP contribution in [0.15, 0.2) is 29.2 Å². The molecule has 2 rings (SSSR count). The SMILES string of the molecule is COc1ccc(SC2NC(=O)C2C(C)O[Si](C)(C)C(C)(C)C)cc1. The number of ether oxygens (including phenoxy) is 1. The predicted octanol–water partition coefficient (Wildman–Crippen LogP) is 4.27. The monoisotopic (exact) mass is 367 g/mol. The van der Waals surface area contributed by atoms with E-state index >= 15 is 0 Å². The number of carbonyl (C=O) groups excluding carboxylic acids is 1. The molecule has 134 valence electrons. The van der Waals surface area contributed by atoms with Crippen LogP contribution in [0.4, 0.5) is 0 Å². The second-order valence-electron chi connectivity index (χ2n) is 7.83. The molecule has 1 heterocycles. The largest absolute Gasteiger partial charge is 0.497 e. The summed E-state index contributed by atoms with van der Waals surface area (Å²) >= 11 is 1.67. The van der Waals surface area contributed by atoms with E-state index in [1.54, 1.807) is 18.9 Å². The topological polar surface area (TPSA) is 47.6 Å². The van der Waals surface area contributed by atoms with Gasteiger partial charge in [0, 0.05) is 4.90 Å². The number of hydrogen-bond acceptors (Lipinski definition) is 4. The van der Waals surface area contributed by atoms with Gasteiger partial charge < -0.3 is 14.5 Å². The molecule has 1 amide bonds. The van der Waals surface area contributed by atoms with Crippen molar-refractivity contribution in [3.05, 3.63) is 24.3 Å². The molecule has 6 heteroatoms. The minimum Gasteiger partial charge on any atom is -0.497 e. The molecule has 1 N–H and O–H groups in total. The van der Waals surface area contributed by atoms with E-state index in [0.29, 0.717) is 0 Å². The second kappa shape index (κ2) is 7.10. The molecule has 0 aliphatic carbocycles. The summed E-state index contributed by atoms with van der Waals surface area (Å²) in [5.74, 6) is 0.821. The predicted molar refractivity (Wildman–Crippen MR) is 102 cm³/mol. The van der Waals surface area contributed by atoms with Crippen molar-refractivity contribution < 1.29 is 14.0 Å². The molecule has 1 aromatic carbocycles. The summed E-state index contributed by atoms with van der Waals surface area (Å²) in [6, 6.07) is 7.91. The van der Waals surface area contributed by atoms with Crippen molar-refractivity contribution >= 4 is 26.0 Å². The minimum absolute atomic E-state index is 0.0608. The van der Waals surface area contributed by atoms with Gasteiger partial charge in [0.15, 0.2) is 8.32 Å². The van der Waals surface area contributed by atoms with Gasteiger partial charge in [0.2, 0.25) is 5.91 Å². The zero-order valence-electron chi connectivity index (χ0n) is 15.7. The van der Waals surface area contributed by atoms with E-state index in [0.717, 1.165) is 10.6 Å². The number of hydrogen-bond donors (Lipinski definition) is 1. The first-order valence-corrected chi connectivity index (χ1v) is 12.1. The van der Waals surface area contributed by atoms with Gasteiger partial charge in [-0.15, -0.1) is 11.8 Å². The lowest BCUT2D eigenvalue weighted by atomic mass is 9.96. The van der Waals surface area contributed by atoms with Crippen LogP contribution in [-0.4, -0.2) is 32.8 Å². The van der Waals surface area contributed by atoms with E-state index in [2.05, 4.69) is 39.2 Å². The van der Waals surface area contributed by atoms with Crippen LogP contribution in [0.2, 0.25) is 18.1 Å². The first-order chi connectivity index (χ1) is 11.0. The molecule has 0 bridgehead atoms. The zero-order chi connectivity index (χ0) is 18.1. The summed E-state index contributed by atoms with van der Waals surface area (Å²) in [6.07, 6.45) is -0.0737. The van der Waals surface area contributed by atoms with Gasteiger partial charge in [0.25, 0.3) is 0 Å². The van der Waals surface area contributed by atoms with Crippen molar-refractivity contribution in [2.24, 2.45) is 5.92 Å². The van der Waals surface area contributed by atoms with Crippen molar-refractivity contribution in [1.82, 2.24) is 5.32 Å². The molecule has 1 aliphatic heterocycles. The first-order valence-electron chi connectivity index (χ1n) is 8.34. The average Bonchev–Trinajstić information content (AvgIpc) is 2.45. The molecule has 4 nitrogen and oxygen atoms in total. The van der Waals surface area contributed by atoms with Gasteiger partial charge in [-0.3, -0.25) is 4.79 Å². The highest BCUT2D eigenvalue weighted by molar-refractivity contribution is 8.00. The zero-order valence-corrected chi connectivity index (χ0v) is 17.5. The van der Waals surface area contributed by atoms with E-state index in [9.17, 15) is 4.79 Å². The molecule has 1 saturated heterocycles. The fourth-order valence-electron chi connectivity index (χ4n) is 2.45. The van der Waals surface area contributed by atoms with E-state index in [1.807, 2.05) is 31.2 Å². The molecule has 3 atom stereocenters. The number of amides is 1. The Kier molecular flexibility index (Phi) is 5.72. The van der Waals surface area contributed by atoms with Gasteiger partial charge >= 0.3 is 0 Å². The number of β-lactam (4-membered cyclic amide) rings is 1. The maximum Gasteiger partial charge on any atom is 0.229 e. The third-order valence-corrected chi connectivity index (χ3v) is 10.8. The third-order valence-electron chi connectivity index (χ3n) is 5.03. The summed E-state index contributed by atoms with van der Waals surface area (Å²) in [5.41, 5.74) is 0. The van der Waals surface area contributed by atoms with Crippen LogP contribution in [0.5, 0.6) is 5.75 Å². The fourth-order valence-corrected chi connectivity index (χ4v) is 5.13. The van der Waals surface area contributed by atoms with E-state index < -0.39 is 8.32 Å². The van der Waals surface area contributed by atoms with E-state index in [-0.39, 0.29) is 28.3 Å². The molecule has 0 radical (unpaired) electrons. The van der Waals surface area contributed by atoms with Crippen molar-refractivity contribution in [3.63, 3.8) is 0 Å². The molecule has 24 heavy (non-hydrogen) atoms. The molecular formula is C18H29NO3SSi. The normalized spacial score (nSPS) is 22.5. The van der Waals surface area contributed by atoms with Crippen LogP contribution in [0.1, 0.15) is 27.7 Å². The Morgan fingerprint density at radius 3 is 2.25 bits per heavy atom. The van der Waals surface area contributed by atoms with Gasteiger partial charge in [-0.2, -0.15) is 0 Å². The molecule has 0 spiro atoms. The molecule has 0 saturated carbocycles. The van der Waals surface area contributed by atoms with Crippen LogP contribution < -0.4 is 10.1 Å². The molecule has 1 aliphatic rings. The van der Waals surface area contributed by atoms with Crippen LogP contribution in [0.3, 0.4) is 0 Å². The smallest absolute Gasteiger partial charge is 0.229 e. The fraction of sp³-hybridized carbons (Fsp3) is 0.611. The summed E-state index contributed by atoms with van der Waals surface area (Å²) in [7, 11) is -0.226. The Morgan fingerprint density at radius 1 is 1.21 bits per heavy atom. The third kappa shape index (κ3) is 4.16. The summed E-state index contributed by atoms with van der Waals surface area (Å²) in [6.45, 7) is 13.1. The highest BCUT2D eigenvalue weighted by Crippen LogP contribution is 2.41. The maximum absolute atomic E-state index is 12.1. The molecule has 1 aromatic rings. The summed E-state index contributed by atoms with van der Waals surface area (Å²) in [5, 5.41) is 3.20. The van der Waals surface area contributed by atoms with Gasteiger partial charge in [-0.05, 0) is 49.3 Å². The van der Waals surface area contributed by atoms with Crippen molar-refractivity contribution in [1.29, 1.82) is 0 Å². The van der Waals surface area contributed by atoms with Crippen LogP contribution >= 0.6 is 11.8 Å². The first kappa shape index (κ1) is 19.3.